The monoisotopic (exact) mass is 278 g/mol. The number of unbranched alkanes of at least 4 members (excludes halogenated alkanes) is 1. The van der Waals surface area contributed by atoms with Crippen LogP contribution in [0.1, 0.15) is 46.5 Å². The Labute approximate surface area is 102 Å². The fraction of sp³-hybridized carbons (Fsp3) is 0.917. The van der Waals surface area contributed by atoms with E-state index in [4.69, 9.17) is 4.74 Å². The first kappa shape index (κ1) is 14.9. The van der Waals surface area contributed by atoms with Crippen LogP contribution in [0.2, 0.25) is 0 Å². The molecule has 0 spiro atoms. The summed E-state index contributed by atoms with van der Waals surface area (Å²) in [5.74, 6) is 0.860. The van der Waals surface area contributed by atoms with Gasteiger partial charge in [-0.1, -0.05) is 56.0 Å². The van der Waals surface area contributed by atoms with Crippen molar-refractivity contribution in [1.82, 2.24) is 0 Å². The second-order valence-corrected chi connectivity index (χ2v) is 5.37. The summed E-state index contributed by atoms with van der Waals surface area (Å²) < 4.78 is 4.71. The molecule has 0 aromatic heterocycles. The lowest BCUT2D eigenvalue weighted by Crippen LogP contribution is -2.24. The van der Waals surface area contributed by atoms with Crippen molar-refractivity contribution in [2.75, 3.05) is 7.11 Å². The van der Waals surface area contributed by atoms with Gasteiger partial charge in [-0.3, -0.25) is 4.79 Å². The zero-order valence-electron chi connectivity index (χ0n) is 10.3. The van der Waals surface area contributed by atoms with E-state index < -0.39 is 0 Å². The van der Waals surface area contributed by atoms with Gasteiger partial charge < -0.3 is 4.74 Å². The highest BCUT2D eigenvalue weighted by atomic mass is 79.9. The van der Waals surface area contributed by atoms with Gasteiger partial charge in [-0.25, -0.2) is 0 Å². The van der Waals surface area contributed by atoms with Crippen LogP contribution in [0.15, 0.2) is 0 Å². The molecule has 0 fully saturated rings. The second-order valence-electron chi connectivity index (χ2n) is 4.39. The summed E-state index contributed by atoms with van der Waals surface area (Å²) in [6, 6.07) is 0. The normalized spacial score (nSPS) is 16.9. The molecule has 0 aliphatic heterocycles. The van der Waals surface area contributed by atoms with Crippen LogP contribution < -0.4 is 0 Å². The van der Waals surface area contributed by atoms with Gasteiger partial charge in [0, 0.05) is 0 Å². The minimum absolute atomic E-state index is 0.161. The minimum Gasteiger partial charge on any atom is -0.468 e. The quantitative estimate of drug-likeness (QED) is 0.523. The van der Waals surface area contributed by atoms with Crippen molar-refractivity contribution in [3.05, 3.63) is 0 Å². The summed E-state index contributed by atoms with van der Waals surface area (Å²) in [5, 5.41) is 0. The van der Waals surface area contributed by atoms with Crippen LogP contribution in [0.5, 0.6) is 0 Å². The summed E-state index contributed by atoms with van der Waals surface area (Å²) in [6.07, 6.45) is 4.85. The van der Waals surface area contributed by atoms with Crippen molar-refractivity contribution in [3.63, 3.8) is 0 Å². The van der Waals surface area contributed by atoms with Crippen LogP contribution >= 0.6 is 15.9 Å². The molecule has 0 saturated carbocycles. The first-order chi connectivity index (χ1) is 7.02. The third-order valence-electron chi connectivity index (χ3n) is 2.75. The number of rotatable bonds is 7. The number of ether oxygens (including phenoxy) is 1. The lowest BCUT2D eigenvalue weighted by Gasteiger charge is -2.20. The largest absolute Gasteiger partial charge is 0.468 e. The zero-order valence-corrected chi connectivity index (χ0v) is 11.8. The average Bonchev–Trinajstić information content (AvgIpc) is 2.23. The van der Waals surface area contributed by atoms with Gasteiger partial charge >= 0.3 is 5.97 Å². The number of methoxy groups -OCH3 is 1. The van der Waals surface area contributed by atoms with E-state index in [0.29, 0.717) is 11.8 Å². The highest BCUT2D eigenvalue weighted by Crippen LogP contribution is 2.24. The molecule has 2 nitrogen and oxygen atoms in total. The maximum Gasteiger partial charge on any atom is 0.319 e. The van der Waals surface area contributed by atoms with Gasteiger partial charge in [0.1, 0.15) is 4.83 Å². The van der Waals surface area contributed by atoms with E-state index in [2.05, 4.69) is 36.7 Å². The van der Waals surface area contributed by atoms with E-state index in [1.54, 1.807) is 0 Å². The maximum atomic E-state index is 11.3. The number of halogens is 1. The standard InChI is InChI=1S/C12H23BrO2/c1-5-6-7-9(2)8-10(3)11(13)12(14)15-4/h9-11H,5-8H2,1-4H3/t9-,10-,11?/m0/s1. The Morgan fingerprint density at radius 3 is 2.47 bits per heavy atom. The fourth-order valence-electron chi connectivity index (χ4n) is 1.77. The van der Waals surface area contributed by atoms with Gasteiger partial charge in [0.2, 0.25) is 0 Å². The number of esters is 1. The Kier molecular flexibility index (Phi) is 8.12. The highest BCUT2D eigenvalue weighted by molar-refractivity contribution is 9.10. The van der Waals surface area contributed by atoms with Crippen LogP contribution in [0, 0.1) is 11.8 Å². The smallest absolute Gasteiger partial charge is 0.319 e. The molecular weight excluding hydrogens is 256 g/mol. The maximum absolute atomic E-state index is 11.3. The molecule has 0 saturated heterocycles. The molecule has 0 bridgehead atoms. The van der Waals surface area contributed by atoms with E-state index in [1.807, 2.05) is 0 Å². The van der Waals surface area contributed by atoms with E-state index >= 15 is 0 Å². The number of alkyl halides is 1. The predicted octanol–water partition coefficient (Wildman–Crippen LogP) is 3.78. The topological polar surface area (TPSA) is 26.3 Å². The Morgan fingerprint density at radius 1 is 1.40 bits per heavy atom. The Balaban J connectivity index is 3.89. The molecule has 1 unspecified atom stereocenters. The molecule has 0 N–H and O–H groups in total. The van der Waals surface area contributed by atoms with Crippen LogP contribution in [0.4, 0.5) is 0 Å². The van der Waals surface area contributed by atoms with Crippen LogP contribution in [0.25, 0.3) is 0 Å². The molecular formula is C12H23BrO2. The van der Waals surface area contributed by atoms with Gasteiger partial charge in [-0.2, -0.15) is 0 Å². The van der Waals surface area contributed by atoms with Crippen LogP contribution in [0.3, 0.4) is 0 Å². The second kappa shape index (κ2) is 8.14. The van der Waals surface area contributed by atoms with Gasteiger partial charge in [0.15, 0.2) is 0 Å². The van der Waals surface area contributed by atoms with Gasteiger partial charge in [0.05, 0.1) is 7.11 Å². The van der Waals surface area contributed by atoms with Crippen LogP contribution in [-0.4, -0.2) is 17.9 Å². The van der Waals surface area contributed by atoms with E-state index in [-0.39, 0.29) is 10.8 Å². The molecule has 3 heteroatoms. The number of hydrogen-bond acceptors (Lipinski definition) is 2. The van der Waals surface area contributed by atoms with Crippen molar-refractivity contribution < 1.29 is 9.53 Å². The predicted molar refractivity (Wildman–Crippen MR) is 67.2 cm³/mol. The molecule has 0 amide bonds. The van der Waals surface area contributed by atoms with Crippen molar-refractivity contribution in [3.8, 4) is 0 Å². The zero-order chi connectivity index (χ0) is 11.8. The fourth-order valence-corrected chi connectivity index (χ4v) is 2.17. The molecule has 3 atom stereocenters. The van der Waals surface area contributed by atoms with Gasteiger partial charge in [0.25, 0.3) is 0 Å². The highest BCUT2D eigenvalue weighted by Gasteiger charge is 2.23. The lowest BCUT2D eigenvalue weighted by molar-refractivity contribution is -0.140. The molecule has 0 heterocycles. The molecule has 0 aromatic carbocycles. The molecule has 15 heavy (non-hydrogen) atoms. The first-order valence-corrected chi connectivity index (χ1v) is 6.66. The van der Waals surface area contributed by atoms with E-state index in [9.17, 15) is 4.79 Å². The van der Waals surface area contributed by atoms with Crippen molar-refractivity contribution in [1.29, 1.82) is 0 Å². The molecule has 90 valence electrons. The summed E-state index contributed by atoms with van der Waals surface area (Å²) in [6.45, 7) is 6.56. The summed E-state index contributed by atoms with van der Waals surface area (Å²) in [7, 11) is 1.43. The number of carbonyl (C=O) groups excluding carboxylic acids is 1. The molecule has 0 aliphatic rings. The Bertz CT molecular complexity index is 182. The minimum atomic E-state index is -0.162. The average molecular weight is 279 g/mol. The summed E-state index contributed by atoms with van der Waals surface area (Å²) >= 11 is 3.39. The molecule has 0 aromatic rings. The SMILES string of the molecule is CCCC[C@H](C)C[C@H](C)C(Br)C(=O)OC. The van der Waals surface area contributed by atoms with Gasteiger partial charge in [-0.05, 0) is 18.3 Å². The molecule has 0 rings (SSSR count). The third kappa shape index (κ3) is 6.18. The third-order valence-corrected chi connectivity index (χ3v) is 4.03. The van der Waals surface area contributed by atoms with Gasteiger partial charge in [-0.15, -0.1) is 0 Å². The van der Waals surface area contributed by atoms with Crippen LogP contribution in [-0.2, 0) is 9.53 Å². The Hall–Kier alpha value is -0.0500. The Morgan fingerprint density at radius 2 is 2.00 bits per heavy atom. The van der Waals surface area contributed by atoms with Crippen molar-refractivity contribution in [2.45, 2.75) is 51.3 Å². The van der Waals surface area contributed by atoms with Crippen molar-refractivity contribution in [2.24, 2.45) is 11.8 Å². The molecule has 0 radical (unpaired) electrons. The van der Waals surface area contributed by atoms with Crippen molar-refractivity contribution >= 4 is 21.9 Å². The first-order valence-electron chi connectivity index (χ1n) is 5.74. The molecule has 0 aliphatic carbocycles. The lowest BCUT2D eigenvalue weighted by atomic mass is 9.91. The van der Waals surface area contributed by atoms with E-state index in [1.165, 1.54) is 26.4 Å². The number of hydrogen-bond donors (Lipinski definition) is 0. The van der Waals surface area contributed by atoms with E-state index in [0.717, 1.165) is 6.42 Å². The number of carbonyl (C=O) groups is 1. The summed E-state index contributed by atoms with van der Waals surface area (Å²) in [4.78, 5) is 11.1. The summed E-state index contributed by atoms with van der Waals surface area (Å²) in [5.41, 5.74) is 0.